The summed E-state index contributed by atoms with van der Waals surface area (Å²) >= 11 is 15.4. The van der Waals surface area contributed by atoms with Crippen LogP contribution in [0, 0.1) is 0 Å². The van der Waals surface area contributed by atoms with E-state index < -0.39 is 0 Å². The Hall–Kier alpha value is -0.700. The molecule has 0 radical (unpaired) electrons. The Morgan fingerprint density at radius 2 is 1.76 bits per heavy atom. The molecular weight excluding hydrogens is 321 g/mol. The minimum atomic E-state index is 0.678. The fourth-order valence-electron chi connectivity index (χ4n) is 1.45. The summed E-state index contributed by atoms with van der Waals surface area (Å²) in [7, 11) is 0. The monoisotopic (exact) mass is 329 g/mol. The Morgan fingerprint density at radius 3 is 2.47 bits per heavy atom. The second-order valence-corrected chi connectivity index (χ2v) is 5.24. The number of anilines is 1. The van der Waals surface area contributed by atoms with Gasteiger partial charge in [0.1, 0.15) is 0 Å². The lowest BCUT2D eigenvalue weighted by Crippen LogP contribution is -1.99. The van der Waals surface area contributed by atoms with E-state index in [1.807, 2.05) is 42.5 Å². The van der Waals surface area contributed by atoms with Gasteiger partial charge in [-0.2, -0.15) is 0 Å². The molecule has 0 heterocycles. The highest BCUT2D eigenvalue weighted by Crippen LogP contribution is 2.26. The van der Waals surface area contributed by atoms with Crippen LogP contribution in [-0.2, 0) is 6.54 Å². The Labute approximate surface area is 119 Å². The van der Waals surface area contributed by atoms with Crippen molar-refractivity contribution in [2.24, 2.45) is 0 Å². The van der Waals surface area contributed by atoms with Crippen LogP contribution in [0.1, 0.15) is 5.56 Å². The quantitative estimate of drug-likeness (QED) is 0.797. The van der Waals surface area contributed by atoms with Crippen LogP contribution in [0.15, 0.2) is 46.9 Å². The molecule has 0 aliphatic rings. The predicted molar refractivity (Wildman–Crippen MR) is 77.9 cm³/mol. The third-order valence-corrected chi connectivity index (χ3v) is 3.96. The second-order valence-electron chi connectivity index (χ2n) is 3.57. The van der Waals surface area contributed by atoms with Crippen molar-refractivity contribution in [1.29, 1.82) is 0 Å². The number of hydrogen-bond acceptors (Lipinski definition) is 1. The zero-order valence-electron chi connectivity index (χ0n) is 8.88. The fourth-order valence-corrected chi connectivity index (χ4v) is 2.07. The maximum Gasteiger partial charge on any atom is 0.0568 e. The molecular formula is C13H10BrCl2N. The Bertz CT molecular complexity index is 529. The summed E-state index contributed by atoms with van der Waals surface area (Å²) in [5.41, 5.74) is 2.03. The van der Waals surface area contributed by atoms with Crippen LogP contribution in [0.4, 0.5) is 5.69 Å². The van der Waals surface area contributed by atoms with Crippen molar-refractivity contribution in [2.75, 3.05) is 5.32 Å². The summed E-state index contributed by atoms with van der Waals surface area (Å²) in [6.45, 7) is 0.678. The molecule has 17 heavy (non-hydrogen) atoms. The highest BCUT2D eigenvalue weighted by molar-refractivity contribution is 9.10. The highest BCUT2D eigenvalue weighted by Gasteiger charge is 2.01. The molecule has 2 aromatic carbocycles. The average molecular weight is 331 g/mol. The van der Waals surface area contributed by atoms with E-state index in [4.69, 9.17) is 23.2 Å². The molecule has 0 saturated heterocycles. The van der Waals surface area contributed by atoms with Crippen molar-refractivity contribution in [3.8, 4) is 0 Å². The van der Waals surface area contributed by atoms with Gasteiger partial charge in [-0.1, -0.05) is 41.4 Å². The topological polar surface area (TPSA) is 12.0 Å². The molecule has 1 nitrogen and oxygen atoms in total. The minimum absolute atomic E-state index is 0.678. The molecule has 0 bridgehead atoms. The summed E-state index contributed by atoms with van der Waals surface area (Å²) in [4.78, 5) is 0. The summed E-state index contributed by atoms with van der Waals surface area (Å²) < 4.78 is 0.891. The van der Waals surface area contributed by atoms with Crippen LogP contribution in [-0.4, -0.2) is 0 Å². The van der Waals surface area contributed by atoms with Gasteiger partial charge in [-0.15, -0.1) is 0 Å². The van der Waals surface area contributed by atoms with Gasteiger partial charge in [-0.05, 0) is 45.8 Å². The third kappa shape index (κ3) is 3.38. The van der Waals surface area contributed by atoms with E-state index >= 15 is 0 Å². The number of nitrogens with one attached hydrogen (secondary N) is 1. The fraction of sp³-hybridized carbons (Fsp3) is 0.0769. The van der Waals surface area contributed by atoms with Crippen molar-refractivity contribution in [3.05, 3.63) is 62.5 Å². The zero-order valence-corrected chi connectivity index (χ0v) is 12.0. The number of benzene rings is 2. The van der Waals surface area contributed by atoms with E-state index in [0.29, 0.717) is 11.6 Å². The maximum absolute atomic E-state index is 6.07. The summed E-state index contributed by atoms with van der Waals surface area (Å²) in [5, 5.41) is 4.74. The van der Waals surface area contributed by atoms with Crippen molar-refractivity contribution in [1.82, 2.24) is 0 Å². The number of hydrogen-bond donors (Lipinski definition) is 1. The Balaban J connectivity index is 2.08. The van der Waals surface area contributed by atoms with Gasteiger partial charge >= 0.3 is 0 Å². The van der Waals surface area contributed by atoms with Crippen LogP contribution < -0.4 is 5.32 Å². The molecule has 4 heteroatoms. The molecule has 0 fully saturated rings. The maximum atomic E-state index is 6.07. The van der Waals surface area contributed by atoms with Crippen LogP contribution in [0.5, 0.6) is 0 Å². The van der Waals surface area contributed by atoms with Crippen LogP contribution >= 0.6 is 39.1 Å². The van der Waals surface area contributed by atoms with Gasteiger partial charge in [0, 0.05) is 21.7 Å². The summed E-state index contributed by atoms with van der Waals surface area (Å²) in [6, 6.07) is 13.5. The predicted octanol–water partition coefficient (Wildman–Crippen LogP) is 5.37. The van der Waals surface area contributed by atoms with Gasteiger partial charge in [-0.25, -0.2) is 0 Å². The second kappa shape index (κ2) is 5.76. The van der Waals surface area contributed by atoms with Crippen LogP contribution in [0.25, 0.3) is 0 Å². The van der Waals surface area contributed by atoms with Gasteiger partial charge in [-0.3, -0.25) is 0 Å². The summed E-state index contributed by atoms with van der Waals surface area (Å²) in [6.07, 6.45) is 0. The third-order valence-electron chi connectivity index (χ3n) is 2.36. The molecule has 2 rings (SSSR count). The minimum Gasteiger partial charge on any atom is -0.381 e. The Morgan fingerprint density at radius 1 is 1.00 bits per heavy atom. The largest absolute Gasteiger partial charge is 0.381 e. The number of halogens is 3. The summed E-state index contributed by atoms with van der Waals surface area (Å²) in [5.74, 6) is 0. The van der Waals surface area contributed by atoms with Crippen LogP contribution in [0.2, 0.25) is 10.0 Å². The molecule has 0 aliphatic carbocycles. The van der Waals surface area contributed by atoms with Crippen molar-refractivity contribution >= 4 is 44.8 Å². The molecule has 0 atom stereocenters. The van der Waals surface area contributed by atoms with Crippen LogP contribution in [0.3, 0.4) is 0 Å². The van der Waals surface area contributed by atoms with Gasteiger partial charge in [0.2, 0.25) is 0 Å². The first-order chi connectivity index (χ1) is 8.16. The van der Waals surface area contributed by atoms with Gasteiger partial charge in [0.25, 0.3) is 0 Å². The molecule has 0 aliphatic heterocycles. The van der Waals surface area contributed by atoms with E-state index in [9.17, 15) is 0 Å². The lowest BCUT2D eigenvalue weighted by Gasteiger charge is -2.08. The van der Waals surface area contributed by atoms with E-state index in [-0.39, 0.29) is 0 Å². The standard InChI is InChI=1S/C13H10BrCl2N/c14-11-6-5-10(7-13(11)16)17-8-9-3-1-2-4-12(9)15/h1-7,17H,8H2. The average Bonchev–Trinajstić information content (AvgIpc) is 2.32. The molecule has 0 amide bonds. The van der Waals surface area contributed by atoms with E-state index in [0.717, 1.165) is 20.7 Å². The lowest BCUT2D eigenvalue weighted by atomic mass is 10.2. The molecule has 0 aromatic heterocycles. The van der Waals surface area contributed by atoms with E-state index in [1.54, 1.807) is 0 Å². The van der Waals surface area contributed by atoms with E-state index in [2.05, 4.69) is 21.2 Å². The smallest absolute Gasteiger partial charge is 0.0568 e. The molecule has 0 saturated carbocycles. The first-order valence-electron chi connectivity index (χ1n) is 5.09. The normalized spacial score (nSPS) is 10.3. The van der Waals surface area contributed by atoms with Crippen molar-refractivity contribution in [3.63, 3.8) is 0 Å². The molecule has 0 unspecified atom stereocenters. The van der Waals surface area contributed by atoms with Gasteiger partial charge < -0.3 is 5.32 Å². The van der Waals surface area contributed by atoms with Gasteiger partial charge in [0.15, 0.2) is 0 Å². The lowest BCUT2D eigenvalue weighted by molar-refractivity contribution is 1.15. The Kier molecular flexibility index (Phi) is 4.32. The number of rotatable bonds is 3. The SMILES string of the molecule is Clc1cc(NCc2ccccc2Cl)ccc1Br. The zero-order chi connectivity index (χ0) is 12.3. The first kappa shape index (κ1) is 12.7. The van der Waals surface area contributed by atoms with Crippen molar-refractivity contribution < 1.29 is 0 Å². The molecule has 88 valence electrons. The van der Waals surface area contributed by atoms with Gasteiger partial charge in [0.05, 0.1) is 5.02 Å². The van der Waals surface area contributed by atoms with E-state index in [1.165, 1.54) is 0 Å². The highest BCUT2D eigenvalue weighted by atomic mass is 79.9. The molecule has 0 spiro atoms. The first-order valence-corrected chi connectivity index (χ1v) is 6.64. The molecule has 2 aromatic rings. The van der Waals surface area contributed by atoms with Crippen molar-refractivity contribution in [2.45, 2.75) is 6.54 Å². The molecule has 1 N–H and O–H groups in total.